The monoisotopic (exact) mass is 747 g/mol. The number of halogens is 1. The number of fused-ring (bicyclic) bond motifs is 2. The van der Waals surface area contributed by atoms with E-state index in [9.17, 15) is 19.1 Å². The van der Waals surface area contributed by atoms with E-state index in [1.54, 1.807) is 55.1 Å². The summed E-state index contributed by atoms with van der Waals surface area (Å²) in [5.74, 6) is 0.305. The van der Waals surface area contributed by atoms with E-state index in [2.05, 4.69) is 15.3 Å². The number of imidazole rings is 1. The van der Waals surface area contributed by atoms with Gasteiger partial charge in [0.15, 0.2) is 0 Å². The van der Waals surface area contributed by atoms with Crippen LogP contribution in [0.25, 0.3) is 33.5 Å². The summed E-state index contributed by atoms with van der Waals surface area (Å²) >= 11 is 0. The van der Waals surface area contributed by atoms with Gasteiger partial charge in [0.05, 0.1) is 30.1 Å². The Morgan fingerprint density at radius 2 is 1.85 bits per heavy atom. The summed E-state index contributed by atoms with van der Waals surface area (Å²) in [6, 6.07) is 12.5. The van der Waals surface area contributed by atoms with Crippen LogP contribution in [0.2, 0.25) is 0 Å². The maximum Gasteiger partial charge on any atom is 0.405 e. The second-order valence-electron chi connectivity index (χ2n) is 14.7. The molecule has 14 nitrogen and oxygen atoms in total. The molecule has 2 aliphatic rings. The number of H-pyrrole nitrogens is 1. The minimum atomic E-state index is -1.26. The van der Waals surface area contributed by atoms with Crippen molar-refractivity contribution in [2.75, 3.05) is 13.7 Å². The minimum absolute atomic E-state index is 0.0545. The summed E-state index contributed by atoms with van der Waals surface area (Å²) in [5, 5.41) is 17.9. The molecule has 1 aliphatic heterocycles. The van der Waals surface area contributed by atoms with Gasteiger partial charge in [-0.3, -0.25) is 9.36 Å². The normalized spacial score (nSPS) is 19.7. The highest BCUT2D eigenvalue weighted by Gasteiger charge is 2.59. The van der Waals surface area contributed by atoms with Crippen molar-refractivity contribution in [3.8, 4) is 28.5 Å². The summed E-state index contributed by atoms with van der Waals surface area (Å²) in [6.07, 6.45) is 3.50. The van der Waals surface area contributed by atoms with E-state index in [1.807, 2.05) is 55.7 Å². The number of pyridine rings is 1. The summed E-state index contributed by atoms with van der Waals surface area (Å²) < 4.78 is 25.3. The lowest BCUT2D eigenvalue weighted by Gasteiger charge is -2.35. The Morgan fingerprint density at radius 3 is 2.49 bits per heavy atom. The molecule has 55 heavy (non-hydrogen) atoms. The molecule has 6 aromatic rings. The zero-order valence-corrected chi connectivity index (χ0v) is 31.3. The van der Waals surface area contributed by atoms with Gasteiger partial charge in [-0.05, 0) is 98.7 Å². The number of carbonyl (C=O) groups is 2. The van der Waals surface area contributed by atoms with E-state index in [4.69, 9.17) is 15.6 Å². The molecular formula is C40H42FN9O5. The average molecular weight is 748 g/mol. The first-order valence-electron chi connectivity index (χ1n) is 18.1. The number of ether oxygens (including phenoxy) is 1. The number of nitrogens with one attached hydrogen (secondary N) is 2. The lowest BCUT2D eigenvalue weighted by atomic mass is 9.98. The number of nitrogens with zero attached hydrogens (tertiary/aromatic N) is 6. The molecule has 5 heterocycles. The molecule has 15 heteroatoms. The largest absolute Gasteiger partial charge is 0.481 e. The lowest BCUT2D eigenvalue weighted by molar-refractivity contribution is 0.0661. The smallest absolute Gasteiger partial charge is 0.405 e. The minimum Gasteiger partial charge on any atom is -0.481 e. The van der Waals surface area contributed by atoms with Gasteiger partial charge in [-0.2, -0.15) is 5.10 Å². The maximum absolute atomic E-state index is 15.2. The zero-order chi connectivity index (χ0) is 39.1. The summed E-state index contributed by atoms with van der Waals surface area (Å²) in [5.41, 5.74) is 12.0. The van der Waals surface area contributed by atoms with Crippen molar-refractivity contribution in [2.24, 2.45) is 11.7 Å². The predicted molar refractivity (Wildman–Crippen MR) is 203 cm³/mol. The Bertz CT molecular complexity index is 2580. The first-order valence-corrected chi connectivity index (χ1v) is 18.1. The molecule has 8 rings (SSSR count). The fourth-order valence-electron chi connectivity index (χ4n) is 8.62. The molecular weight excluding hydrogens is 705 g/mol. The molecule has 5 N–H and O–H groups in total. The molecule has 0 unspecified atom stereocenters. The van der Waals surface area contributed by atoms with Gasteiger partial charge in [0.25, 0.3) is 5.91 Å². The number of hydrogen-bond donors (Lipinski definition) is 4. The van der Waals surface area contributed by atoms with Crippen LogP contribution in [0.4, 0.5) is 9.18 Å². The molecule has 2 aromatic carbocycles. The van der Waals surface area contributed by atoms with Crippen LogP contribution in [-0.2, 0) is 12.0 Å². The number of hydrogen-bond acceptors (Lipinski definition) is 7. The number of benzene rings is 2. The summed E-state index contributed by atoms with van der Waals surface area (Å²) in [4.78, 5) is 49.0. The Kier molecular flexibility index (Phi) is 8.44. The fraction of sp³-hybridized carbons (Fsp3) is 0.325. The first-order chi connectivity index (χ1) is 26.3. The highest BCUT2D eigenvalue weighted by Crippen LogP contribution is 2.54. The molecule has 1 saturated carbocycles. The standard InChI is InChI=1S/C40H42FN9O5/c1-20-15-27(16-21(2)33(20)41)50-35(48-14-12-44-38(48)52)32-24(5)47(13-10-29(32)46-50)36(51)31-18-26-17-25(28-9-11-43-34(55-6)23(28)4)7-8-30(26)49(31)40(19-22(40)3)37(42)45-39(53)54/h7-9,11-12,14-18,22,24,37,45H,10,13,19,42H2,1-6H3,(H,44,52)(H,53,54)/t22-,24-,37-,40-/m0/s1. The number of aromatic amines is 1. The van der Waals surface area contributed by atoms with Crippen molar-refractivity contribution in [1.82, 2.24) is 39.1 Å². The molecule has 0 saturated heterocycles. The van der Waals surface area contributed by atoms with Gasteiger partial charge in [-0.1, -0.05) is 13.0 Å². The Hall–Kier alpha value is -6.22. The number of aromatic nitrogens is 6. The fourth-order valence-corrected chi connectivity index (χ4v) is 8.62. The van der Waals surface area contributed by atoms with Gasteiger partial charge in [-0.25, -0.2) is 23.6 Å². The molecule has 0 radical (unpaired) electrons. The predicted octanol–water partition coefficient (Wildman–Crippen LogP) is 5.49. The van der Waals surface area contributed by atoms with Crippen LogP contribution in [0, 0.1) is 32.5 Å². The van der Waals surface area contributed by atoms with Crippen molar-refractivity contribution in [3.05, 3.63) is 111 Å². The van der Waals surface area contributed by atoms with Crippen LogP contribution >= 0.6 is 0 Å². The molecule has 4 atom stereocenters. The number of methoxy groups -OCH3 is 1. The van der Waals surface area contributed by atoms with Crippen LogP contribution in [0.15, 0.2) is 65.8 Å². The van der Waals surface area contributed by atoms with Crippen LogP contribution in [0.3, 0.4) is 0 Å². The first kappa shape index (κ1) is 35.8. The third kappa shape index (κ3) is 5.51. The van der Waals surface area contributed by atoms with Gasteiger partial charge in [-0.15, -0.1) is 0 Å². The number of amides is 2. The average Bonchev–Trinajstić information content (AvgIpc) is 3.46. The molecule has 0 bridgehead atoms. The molecule has 284 valence electrons. The van der Waals surface area contributed by atoms with Crippen molar-refractivity contribution in [2.45, 2.75) is 65.2 Å². The number of carboxylic acid groups (broad SMARTS) is 1. The van der Waals surface area contributed by atoms with Crippen LogP contribution in [-0.4, -0.2) is 70.7 Å². The molecule has 4 aromatic heterocycles. The van der Waals surface area contributed by atoms with Gasteiger partial charge < -0.3 is 35.3 Å². The van der Waals surface area contributed by atoms with Crippen molar-refractivity contribution >= 4 is 22.9 Å². The van der Waals surface area contributed by atoms with Gasteiger partial charge >= 0.3 is 11.8 Å². The van der Waals surface area contributed by atoms with Crippen LogP contribution < -0.4 is 21.5 Å². The van der Waals surface area contributed by atoms with E-state index in [0.29, 0.717) is 64.8 Å². The van der Waals surface area contributed by atoms with Gasteiger partial charge in [0.2, 0.25) is 5.88 Å². The maximum atomic E-state index is 15.2. The van der Waals surface area contributed by atoms with Crippen molar-refractivity contribution < 1.29 is 23.8 Å². The third-order valence-corrected chi connectivity index (χ3v) is 11.5. The number of nitrogens with two attached hydrogens (primary N) is 1. The van der Waals surface area contributed by atoms with E-state index < -0.39 is 29.5 Å². The third-order valence-electron chi connectivity index (χ3n) is 11.5. The van der Waals surface area contributed by atoms with E-state index in [-0.39, 0.29) is 17.6 Å². The summed E-state index contributed by atoms with van der Waals surface area (Å²) in [6.45, 7) is 9.52. The Morgan fingerprint density at radius 1 is 1.13 bits per heavy atom. The SMILES string of the molecule is COc1nccc(-c2ccc3c(c2)cc(C(=O)N2CCc4nn(-c5cc(C)c(F)c(C)c5)c(-n5cc[nH]c5=O)c4[C@@H]2C)n3[C@@]2([C@@H](N)NC(=O)O)C[C@@H]2C)c1C. The van der Waals surface area contributed by atoms with Crippen molar-refractivity contribution in [1.29, 1.82) is 0 Å². The lowest BCUT2D eigenvalue weighted by Crippen LogP contribution is -2.53. The highest BCUT2D eigenvalue weighted by atomic mass is 19.1. The number of rotatable bonds is 8. The number of aryl methyl sites for hydroxylation is 2. The quantitative estimate of drug-likeness (QED) is 0.148. The van der Waals surface area contributed by atoms with Crippen LogP contribution in [0.5, 0.6) is 5.88 Å². The zero-order valence-electron chi connectivity index (χ0n) is 31.3. The van der Waals surface area contributed by atoms with Gasteiger partial charge in [0, 0.05) is 53.6 Å². The molecule has 2 amide bonds. The highest BCUT2D eigenvalue weighted by molar-refractivity contribution is 6.00. The van der Waals surface area contributed by atoms with Crippen molar-refractivity contribution in [3.63, 3.8) is 0 Å². The topological polar surface area (TPSA) is 178 Å². The van der Waals surface area contributed by atoms with Gasteiger partial charge in [0.1, 0.15) is 23.5 Å². The second-order valence-corrected chi connectivity index (χ2v) is 14.7. The Labute approximate surface area is 315 Å². The second kappa shape index (κ2) is 13.0. The van der Waals surface area contributed by atoms with Crippen LogP contribution in [0.1, 0.15) is 64.7 Å². The molecule has 1 fully saturated rings. The van der Waals surface area contributed by atoms with E-state index in [1.165, 1.54) is 10.8 Å². The van der Waals surface area contributed by atoms with E-state index in [0.717, 1.165) is 27.6 Å². The Balaban J connectivity index is 1.28. The molecule has 0 spiro atoms. The number of carbonyl (C=O) groups excluding carboxylic acids is 1. The summed E-state index contributed by atoms with van der Waals surface area (Å²) in [7, 11) is 1.57. The van der Waals surface area contributed by atoms with E-state index >= 15 is 4.79 Å². The molecule has 1 aliphatic carbocycles.